The summed E-state index contributed by atoms with van der Waals surface area (Å²) in [5.74, 6) is 1.43. The zero-order chi connectivity index (χ0) is 24.2. The van der Waals surface area contributed by atoms with E-state index in [1.807, 2.05) is 19.9 Å². The van der Waals surface area contributed by atoms with Gasteiger partial charge in [0.25, 0.3) is 5.56 Å². The van der Waals surface area contributed by atoms with E-state index in [9.17, 15) is 9.59 Å². The van der Waals surface area contributed by atoms with Gasteiger partial charge in [-0.25, -0.2) is 9.67 Å². The van der Waals surface area contributed by atoms with E-state index >= 15 is 0 Å². The highest BCUT2D eigenvalue weighted by Crippen LogP contribution is 2.35. The number of nitrogens with zero attached hydrogens (tertiary/aromatic N) is 3. The lowest BCUT2D eigenvalue weighted by atomic mass is 10.1. The van der Waals surface area contributed by atoms with Gasteiger partial charge >= 0.3 is 0 Å². The second-order valence-electron chi connectivity index (χ2n) is 7.30. The smallest absolute Gasteiger partial charge is 0.294 e. The van der Waals surface area contributed by atoms with Gasteiger partial charge < -0.3 is 19.5 Å². The maximum Gasteiger partial charge on any atom is 0.294 e. The normalized spacial score (nSPS) is 10.8. The van der Waals surface area contributed by atoms with E-state index in [-0.39, 0.29) is 18.0 Å². The molecule has 34 heavy (non-hydrogen) atoms. The standard InChI is InChI=1S/C24H24N4O5S/c1-5-33-17-9-7-16(8-10-17)26-20(29)13-28-24(30)22-23(34-14(2)25-22)21(27-28)15-6-11-18(31-3)19(12-15)32-4/h6-12H,5,13H2,1-4H3,(H,26,29). The largest absolute Gasteiger partial charge is 0.494 e. The number of nitrogens with one attached hydrogen (secondary N) is 1. The number of carbonyl (C=O) groups is 1. The summed E-state index contributed by atoms with van der Waals surface area (Å²) in [7, 11) is 3.11. The average Bonchev–Trinajstić information content (AvgIpc) is 3.23. The van der Waals surface area contributed by atoms with Gasteiger partial charge in [0, 0.05) is 11.3 Å². The van der Waals surface area contributed by atoms with Gasteiger partial charge in [-0.3, -0.25) is 9.59 Å². The van der Waals surface area contributed by atoms with Crippen LogP contribution in [0.2, 0.25) is 0 Å². The number of benzene rings is 2. The second kappa shape index (κ2) is 9.92. The minimum Gasteiger partial charge on any atom is -0.494 e. The van der Waals surface area contributed by atoms with Gasteiger partial charge in [-0.2, -0.15) is 5.10 Å². The number of carbonyl (C=O) groups excluding carboxylic acids is 1. The fourth-order valence-corrected chi connectivity index (χ4v) is 4.40. The molecule has 4 aromatic rings. The number of hydrogen-bond donors (Lipinski definition) is 1. The summed E-state index contributed by atoms with van der Waals surface area (Å²) >= 11 is 1.38. The van der Waals surface area contributed by atoms with E-state index < -0.39 is 5.56 Å². The lowest BCUT2D eigenvalue weighted by Gasteiger charge is -2.12. The first-order chi connectivity index (χ1) is 16.4. The van der Waals surface area contributed by atoms with Crippen molar-refractivity contribution in [1.82, 2.24) is 14.8 Å². The predicted octanol–water partition coefficient (Wildman–Crippen LogP) is 3.88. The van der Waals surface area contributed by atoms with Crippen LogP contribution in [0.1, 0.15) is 11.9 Å². The lowest BCUT2D eigenvalue weighted by molar-refractivity contribution is -0.117. The third-order valence-corrected chi connectivity index (χ3v) is 5.98. The average molecular weight is 481 g/mol. The molecule has 0 fully saturated rings. The summed E-state index contributed by atoms with van der Waals surface area (Å²) in [5, 5.41) is 8.05. The van der Waals surface area contributed by atoms with Crippen molar-refractivity contribution in [1.29, 1.82) is 0 Å². The van der Waals surface area contributed by atoms with Crippen LogP contribution in [-0.2, 0) is 11.3 Å². The summed E-state index contributed by atoms with van der Waals surface area (Å²) in [4.78, 5) is 30.2. The highest BCUT2D eigenvalue weighted by atomic mass is 32.1. The summed E-state index contributed by atoms with van der Waals surface area (Å²) in [6, 6.07) is 12.4. The summed E-state index contributed by atoms with van der Waals surface area (Å²) < 4.78 is 17.9. The van der Waals surface area contributed by atoms with Crippen LogP contribution in [0.3, 0.4) is 0 Å². The summed E-state index contributed by atoms with van der Waals surface area (Å²) in [6.45, 7) is 4.02. The zero-order valence-corrected chi connectivity index (χ0v) is 20.1. The van der Waals surface area contributed by atoms with E-state index in [1.54, 1.807) is 50.6 Å². The van der Waals surface area contributed by atoms with Crippen LogP contribution in [0.25, 0.3) is 21.5 Å². The van der Waals surface area contributed by atoms with E-state index in [2.05, 4.69) is 15.4 Å². The molecule has 0 aliphatic rings. The second-order valence-corrected chi connectivity index (χ2v) is 8.50. The Bertz CT molecular complexity index is 1400. The SMILES string of the molecule is CCOc1ccc(NC(=O)Cn2nc(-c3ccc(OC)c(OC)c3)c3sc(C)nc3c2=O)cc1. The van der Waals surface area contributed by atoms with Crippen molar-refractivity contribution >= 4 is 33.1 Å². The van der Waals surface area contributed by atoms with Crippen LogP contribution in [-0.4, -0.2) is 41.5 Å². The summed E-state index contributed by atoms with van der Waals surface area (Å²) in [6.07, 6.45) is 0. The van der Waals surface area contributed by atoms with Gasteiger partial charge in [0.2, 0.25) is 5.91 Å². The van der Waals surface area contributed by atoms with Crippen molar-refractivity contribution < 1.29 is 19.0 Å². The first-order valence-electron chi connectivity index (χ1n) is 10.6. The monoisotopic (exact) mass is 480 g/mol. The Morgan fingerprint density at radius 3 is 2.50 bits per heavy atom. The zero-order valence-electron chi connectivity index (χ0n) is 19.2. The quantitative estimate of drug-likeness (QED) is 0.408. The molecule has 2 heterocycles. The van der Waals surface area contributed by atoms with E-state index in [0.717, 1.165) is 9.69 Å². The van der Waals surface area contributed by atoms with Gasteiger partial charge in [-0.05, 0) is 56.3 Å². The minimum atomic E-state index is -0.426. The Kier molecular flexibility index (Phi) is 6.78. The van der Waals surface area contributed by atoms with Crippen LogP contribution in [0.5, 0.6) is 17.2 Å². The number of anilines is 1. The number of aryl methyl sites for hydroxylation is 1. The molecule has 4 rings (SSSR count). The number of hydrogen-bond acceptors (Lipinski definition) is 8. The van der Waals surface area contributed by atoms with Crippen molar-refractivity contribution in [3.63, 3.8) is 0 Å². The Labute approximate surface area is 199 Å². The van der Waals surface area contributed by atoms with Gasteiger partial charge in [0.05, 0.1) is 30.5 Å². The maximum atomic E-state index is 13.1. The number of amides is 1. The molecule has 0 saturated carbocycles. The van der Waals surface area contributed by atoms with Gasteiger partial charge in [0.15, 0.2) is 17.0 Å². The predicted molar refractivity (Wildman–Crippen MR) is 131 cm³/mol. The molecule has 0 atom stereocenters. The molecule has 9 nitrogen and oxygen atoms in total. The number of methoxy groups -OCH3 is 2. The Morgan fingerprint density at radius 2 is 1.82 bits per heavy atom. The van der Waals surface area contributed by atoms with Crippen LogP contribution >= 0.6 is 11.3 Å². The van der Waals surface area contributed by atoms with Crippen LogP contribution < -0.4 is 25.1 Å². The molecule has 176 valence electrons. The molecule has 0 aliphatic heterocycles. The Hall–Kier alpha value is -3.92. The van der Waals surface area contributed by atoms with E-state index in [4.69, 9.17) is 14.2 Å². The van der Waals surface area contributed by atoms with Crippen molar-refractivity contribution in [2.24, 2.45) is 0 Å². The lowest BCUT2D eigenvalue weighted by Crippen LogP contribution is -2.30. The fourth-order valence-electron chi connectivity index (χ4n) is 3.48. The molecule has 0 saturated heterocycles. The molecule has 1 amide bonds. The Morgan fingerprint density at radius 1 is 1.09 bits per heavy atom. The summed E-state index contributed by atoms with van der Waals surface area (Å²) in [5.41, 5.74) is 1.69. The Balaban J connectivity index is 1.69. The number of rotatable bonds is 8. The topological polar surface area (TPSA) is 105 Å². The van der Waals surface area contributed by atoms with Crippen LogP contribution in [0.15, 0.2) is 47.3 Å². The van der Waals surface area contributed by atoms with Gasteiger partial charge in [-0.15, -0.1) is 11.3 Å². The van der Waals surface area contributed by atoms with Crippen LogP contribution in [0, 0.1) is 6.92 Å². The molecule has 2 aromatic carbocycles. The maximum absolute atomic E-state index is 13.1. The molecule has 2 aromatic heterocycles. The first-order valence-corrected chi connectivity index (χ1v) is 11.4. The van der Waals surface area contributed by atoms with E-state index in [0.29, 0.717) is 45.5 Å². The molecule has 1 N–H and O–H groups in total. The van der Waals surface area contributed by atoms with Gasteiger partial charge in [-0.1, -0.05) is 0 Å². The minimum absolute atomic E-state index is 0.265. The third-order valence-electron chi connectivity index (χ3n) is 5.01. The molecule has 0 bridgehead atoms. The molecular weight excluding hydrogens is 456 g/mol. The molecule has 10 heteroatoms. The van der Waals surface area contributed by atoms with Gasteiger partial charge in [0.1, 0.15) is 18.0 Å². The molecule has 0 radical (unpaired) electrons. The van der Waals surface area contributed by atoms with Crippen molar-refractivity contribution in [2.75, 3.05) is 26.1 Å². The van der Waals surface area contributed by atoms with Crippen molar-refractivity contribution in [2.45, 2.75) is 20.4 Å². The van der Waals surface area contributed by atoms with E-state index in [1.165, 1.54) is 11.3 Å². The third kappa shape index (κ3) is 4.72. The fraction of sp³-hybridized carbons (Fsp3) is 0.250. The number of aromatic nitrogens is 3. The van der Waals surface area contributed by atoms with Crippen LogP contribution in [0.4, 0.5) is 5.69 Å². The molecule has 0 unspecified atom stereocenters. The molecular formula is C24H24N4O5S. The highest BCUT2D eigenvalue weighted by molar-refractivity contribution is 7.19. The molecule has 0 aliphatic carbocycles. The number of fused-ring (bicyclic) bond motifs is 1. The molecule has 0 spiro atoms. The van der Waals surface area contributed by atoms with Crippen molar-refractivity contribution in [3.05, 3.63) is 57.8 Å². The van der Waals surface area contributed by atoms with Crippen molar-refractivity contribution in [3.8, 4) is 28.5 Å². The first kappa shape index (κ1) is 23.2. The number of ether oxygens (including phenoxy) is 3. The number of thiazole rings is 1. The highest BCUT2D eigenvalue weighted by Gasteiger charge is 2.19.